The molecular formula is C11H11N5O3. The number of aromatic nitrogens is 4. The van der Waals surface area contributed by atoms with Gasteiger partial charge in [0.15, 0.2) is 11.6 Å². The highest BCUT2D eigenvalue weighted by molar-refractivity contribution is 5.72. The molecule has 8 heteroatoms. The van der Waals surface area contributed by atoms with Crippen LogP contribution in [0, 0.1) is 6.92 Å². The SMILES string of the molecule is Cc1cnc(-c2nc(N)c(CC(=O)O)c(=O)[nH]2)nc1. The van der Waals surface area contributed by atoms with E-state index >= 15 is 0 Å². The normalized spacial score (nSPS) is 10.4. The van der Waals surface area contributed by atoms with E-state index in [0.717, 1.165) is 5.56 Å². The molecule has 0 spiro atoms. The first-order valence-corrected chi connectivity index (χ1v) is 5.37. The van der Waals surface area contributed by atoms with Crippen molar-refractivity contribution >= 4 is 11.8 Å². The maximum atomic E-state index is 11.7. The average molecular weight is 261 g/mol. The summed E-state index contributed by atoms with van der Waals surface area (Å²) in [6.45, 7) is 1.82. The maximum Gasteiger partial charge on any atom is 0.308 e. The molecule has 0 saturated carbocycles. The van der Waals surface area contributed by atoms with Gasteiger partial charge in [-0.05, 0) is 12.5 Å². The van der Waals surface area contributed by atoms with Crippen molar-refractivity contribution in [3.05, 3.63) is 33.9 Å². The highest BCUT2D eigenvalue weighted by Crippen LogP contribution is 2.11. The first-order valence-electron chi connectivity index (χ1n) is 5.37. The molecule has 0 aliphatic carbocycles. The van der Waals surface area contributed by atoms with E-state index in [4.69, 9.17) is 10.8 Å². The van der Waals surface area contributed by atoms with Crippen LogP contribution in [0.25, 0.3) is 11.6 Å². The lowest BCUT2D eigenvalue weighted by Crippen LogP contribution is -2.21. The van der Waals surface area contributed by atoms with Crippen LogP contribution in [0.2, 0.25) is 0 Å². The predicted molar refractivity (Wildman–Crippen MR) is 66.4 cm³/mol. The van der Waals surface area contributed by atoms with Crippen LogP contribution in [-0.2, 0) is 11.2 Å². The molecule has 2 heterocycles. The predicted octanol–water partition coefficient (Wildman–Crippen LogP) is -0.255. The number of hydrogen-bond donors (Lipinski definition) is 3. The van der Waals surface area contributed by atoms with E-state index in [2.05, 4.69) is 19.9 Å². The van der Waals surface area contributed by atoms with Crippen LogP contribution in [0.15, 0.2) is 17.2 Å². The summed E-state index contributed by atoms with van der Waals surface area (Å²) >= 11 is 0. The molecule has 0 aromatic carbocycles. The monoisotopic (exact) mass is 261 g/mol. The molecule has 0 atom stereocenters. The summed E-state index contributed by atoms with van der Waals surface area (Å²) in [6.07, 6.45) is 2.66. The van der Waals surface area contributed by atoms with Gasteiger partial charge in [-0.2, -0.15) is 0 Å². The van der Waals surface area contributed by atoms with Crippen molar-refractivity contribution in [1.29, 1.82) is 0 Å². The van der Waals surface area contributed by atoms with E-state index < -0.39 is 17.9 Å². The fraction of sp³-hybridized carbons (Fsp3) is 0.182. The minimum Gasteiger partial charge on any atom is -0.481 e. The van der Waals surface area contributed by atoms with Gasteiger partial charge in [-0.15, -0.1) is 0 Å². The number of nitrogen functional groups attached to an aromatic ring is 1. The first-order chi connectivity index (χ1) is 8.97. The fourth-order valence-electron chi connectivity index (χ4n) is 1.46. The lowest BCUT2D eigenvalue weighted by Gasteiger charge is -2.04. The number of nitrogens with zero attached hydrogens (tertiary/aromatic N) is 3. The van der Waals surface area contributed by atoms with Gasteiger partial charge in [0.2, 0.25) is 0 Å². The van der Waals surface area contributed by atoms with Crippen LogP contribution < -0.4 is 11.3 Å². The van der Waals surface area contributed by atoms with Gasteiger partial charge in [-0.25, -0.2) is 15.0 Å². The summed E-state index contributed by atoms with van der Waals surface area (Å²) in [5.41, 5.74) is 5.77. The number of aryl methyl sites for hydroxylation is 1. The Bertz CT molecular complexity index is 678. The van der Waals surface area contributed by atoms with E-state index in [1.165, 1.54) is 0 Å². The van der Waals surface area contributed by atoms with E-state index in [-0.39, 0.29) is 23.0 Å². The van der Waals surface area contributed by atoms with Crippen LogP contribution in [0.1, 0.15) is 11.1 Å². The van der Waals surface area contributed by atoms with Crippen molar-refractivity contribution in [2.75, 3.05) is 5.73 Å². The third-order valence-corrected chi connectivity index (χ3v) is 2.37. The number of carboxylic acid groups (broad SMARTS) is 1. The van der Waals surface area contributed by atoms with Crippen molar-refractivity contribution in [2.45, 2.75) is 13.3 Å². The van der Waals surface area contributed by atoms with Gasteiger partial charge in [0.05, 0.1) is 12.0 Å². The highest BCUT2D eigenvalue weighted by Gasteiger charge is 2.14. The number of hydrogen-bond acceptors (Lipinski definition) is 6. The summed E-state index contributed by atoms with van der Waals surface area (Å²) < 4.78 is 0. The Morgan fingerprint density at radius 2 is 2.05 bits per heavy atom. The zero-order chi connectivity index (χ0) is 14.0. The summed E-state index contributed by atoms with van der Waals surface area (Å²) in [7, 11) is 0. The standard InChI is InChI=1S/C11H11N5O3/c1-5-3-13-9(14-4-5)10-15-8(12)6(2-7(17)18)11(19)16-10/h3-4H,2H2,1H3,(H,17,18)(H3,12,15,16,19). The number of aliphatic carboxylic acids is 1. The number of carbonyl (C=O) groups is 1. The number of H-pyrrole nitrogens is 1. The molecule has 8 nitrogen and oxygen atoms in total. The van der Waals surface area contributed by atoms with Gasteiger partial charge in [0, 0.05) is 12.4 Å². The second-order valence-electron chi connectivity index (χ2n) is 3.93. The van der Waals surface area contributed by atoms with Crippen molar-refractivity contribution in [1.82, 2.24) is 19.9 Å². The molecule has 2 aromatic rings. The van der Waals surface area contributed by atoms with Gasteiger partial charge in [-0.3, -0.25) is 9.59 Å². The van der Waals surface area contributed by atoms with Gasteiger partial charge in [0.25, 0.3) is 5.56 Å². The Morgan fingerprint density at radius 3 is 2.58 bits per heavy atom. The Kier molecular flexibility index (Phi) is 3.23. The largest absolute Gasteiger partial charge is 0.481 e. The highest BCUT2D eigenvalue weighted by atomic mass is 16.4. The van der Waals surface area contributed by atoms with Crippen LogP contribution >= 0.6 is 0 Å². The Hall–Kier alpha value is -2.77. The number of carboxylic acids is 1. The fourth-order valence-corrected chi connectivity index (χ4v) is 1.46. The van der Waals surface area contributed by atoms with Crippen LogP contribution in [0.4, 0.5) is 5.82 Å². The number of nitrogens with two attached hydrogens (primary N) is 1. The van der Waals surface area contributed by atoms with Crippen LogP contribution in [-0.4, -0.2) is 31.0 Å². The molecule has 2 aromatic heterocycles. The van der Waals surface area contributed by atoms with Crippen LogP contribution in [0.5, 0.6) is 0 Å². The number of rotatable bonds is 3. The quantitative estimate of drug-likeness (QED) is 0.692. The summed E-state index contributed by atoms with van der Waals surface area (Å²) in [4.78, 5) is 36.7. The van der Waals surface area contributed by atoms with Gasteiger partial charge in [-0.1, -0.05) is 0 Å². The summed E-state index contributed by atoms with van der Waals surface area (Å²) in [6, 6.07) is 0. The second kappa shape index (κ2) is 4.84. The van der Waals surface area contributed by atoms with E-state index in [0.29, 0.717) is 0 Å². The zero-order valence-corrected chi connectivity index (χ0v) is 10.0. The third-order valence-electron chi connectivity index (χ3n) is 2.37. The van der Waals surface area contributed by atoms with Gasteiger partial charge in [0.1, 0.15) is 5.82 Å². The molecule has 0 fully saturated rings. The minimum absolute atomic E-state index is 0.0802. The number of aromatic amines is 1. The molecule has 0 unspecified atom stereocenters. The first kappa shape index (κ1) is 12.7. The topological polar surface area (TPSA) is 135 Å². The molecule has 2 rings (SSSR count). The van der Waals surface area contributed by atoms with Crippen molar-refractivity contribution in [2.24, 2.45) is 0 Å². The smallest absolute Gasteiger partial charge is 0.308 e. The lowest BCUT2D eigenvalue weighted by molar-refractivity contribution is -0.136. The van der Waals surface area contributed by atoms with E-state index in [1.54, 1.807) is 12.4 Å². The molecule has 0 aliphatic rings. The second-order valence-corrected chi connectivity index (χ2v) is 3.93. The van der Waals surface area contributed by atoms with Crippen molar-refractivity contribution in [3.8, 4) is 11.6 Å². The number of anilines is 1. The summed E-state index contributed by atoms with van der Waals surface area (Å²) in [5, 5.41) is 8.67. The van der Waals surface area contributed by atoms with Gasteiger partial charge < -0.3 is 15.8 Å². The molecule has 0 aliphatic heterocycles. The molecule has 19 heavy (non-hydrogen) atoms. The molecule has 0 amide bonds. The Balaban J connectivity index is 2.48. The maximum absolute atomic E-state index is 11.7. The molecule has 4 N–H and O–H groups in total. The van der Waals surface area contributed by atoms with Crippen molar-refractivity contribution in [3.63, 3.8) is 0 Å². The molecule has 0 saturated heterocycles. The van der Waals surface area contributed by atoms with Gasteiger partial charge >= 0.3 is 5.97 Å². The zero-order valence-electron chi connectivity index (χ0n) is 10.0. The average Bonchev–Trinajstić information content (AvgIpc) is 2.34. The van der Waals surface area contributed by atoms with E-state index in [9.17, 15) is 9.59 Å². The minimum atomic E-state index is -1.15. The van der Waals surface area contributed by atoms with Crippen LogP contribution in [0.3, 0.4) is 0 Å². The third kappa shape index (κ3) is 2.73. The molecule has 98 valence electrons. The Labute approximate surface area is 107 Å². The molecular weight excluding hydrogens is 250 g/mol. The Morgan fingerprint density at radius 1 is 1.42 bits per heavy atom. The van der Waals surface area contributed by atoms with E-state index in [1.807, 2.05) is 6.92 Å². The van der Waals surface area contributed by atoms with Crippen molar-refractivity contribution < 1.29 is 9.90 Å². The lowest BCUT2D eigenvalue weighted by atomic mass is 10.2. The summed E-state index contributed by atoms with van der Waals surface area (Å²) in [5.74, 6) is -0.962. The molecule has 0 radical (unpaired) electrons. The molecule has 0 bridgehead atoms. The number of nitrogens with one attached hydrogen (secondary N) is 1.